The van der Waals surface area contributed by atoms with Gasteiger partial charge in [-0.25, -0.2) is 9.18 Å². The Morgan fingerprint density at radius 2 is 1.97 bits per heavy atom. The highest BCUT2D eigenvalue weighted by Gasteiger charge is 2.32. The average Bonchev–Trinajstić information content (AvgIpc) is 3.22. The summed E-state index contributed by atoms with van der Waals surface area (Å²) in [7, 11) is 0. The molecule has 34 heavy (non-hydrogen) atoms. The van der Waals surface area contributed by atoms with Crippen LogP contribution in [0.15, 0.2) is 42.5 Å². The molecule has 2 aromatic carbocycles. The number of benzene rings is 2. The van der Waals surface area contributed by atoms with Gasteiger partial charge in [0, 0.05) is 25.6 Å². The molecule has 0 bridgehead atoms. The van der Waals surface area contributed by atoms with E-state index in [1.165, 1.54) is 17.9 Å². The lowest BCUT2D eigenvalue weighted by molar-refractivity contribution is -0.125. The Kier molecular flexibility index (Phi) is 7.42. The predicted octanol–water partition coefficient (Wildman–Crippen LogP) is 2.57. The van der Waals surface area contributed by atoms with Crippen molar-refractivity contribution in [1.82, 2.24) is 16.0 Å². The molecule has 2 atom stereocenters. The third kappa shape index (κ3) is 5.72. The summed E-state index contributed by atoms with van der Waals surface area (Å²) in [5.41, 5.74) is 2.44. The number of anilines is 1. The van der Waals surface area contributed by atoms with Crippen LogP contribution in [0.25, 0.3) is 11.1 Å². The largest absolute Gasteiger partial charge is 0.442 e. The zero-order valence-electron chi connectivity index (χ0n) is 19.1. The topological polar surface area (TPSA) is 99.8 Å². The summed E-state index contributed by atoms with van der Waals surface area (Å²) >= 11 is 0. The van der Waals surface area contributed by atoms with Gasteiger partial charge in [-0.05, 0) is 48.7 Å². The molecule has 2 aromatic rings. The standard InChI is InChI=1S/C25H29FN4O4/c1-16(31)28-14-21-15-30(25(33)34-21)20-8-9-22(23(26)11-20)18-6-4-17(5-7-18)12-29-24(32)19-3-2-10-27-13-19/h4-9,11,19,21,27H,2-3,10,12-15H2,1H3,(H,28,31)(H,29,32)/t19?,21-/m0/s1. The molecule has 3 N–H and O–H groups in total. The van der Waals surface area contributed by atoms with Gasteiger partial charge < -0.3 is 20.7 Å². The Labute approximate surface area is 197 Å². The summed E-state index contributed by atoms with van der Waals surface area (Å²) < 4.78 is 20.2. The van der Waals surface area contributed by atoms with Crippen molar-refractivity contribution in [3.8, 4) is 11.1 Å². The van der Waals surface area contributed by atoms with Gasteiger partial charge in [-0.15, -0.1) is 0 Å². The zero-order valence-corrected chi connectivity index (χ0v) is 19.1. The SMILES string of the molecule is CC(=O)NC[C@H]1CN(c2ccc(-c3ccc(CNC(=O)C4CCCNC4)cc3)c(F)c2)C(=O)O1. The van der Waals surface area contributed by atoms with Crippen LogP contribution >= 0.6 is 0 Å². The first-order chi connectivity index (χ1) is 16.4. The molecule has 4 rings (SSSR count). The normalized spacial score (nSPS) is 20.1. The van der Waals surface area contributed by atoms with Crippen molar-refractivity contribution < 1.29 is 23.5 Å². The molecule has 0 saturated carbocycles. The molecule has 2 heterocycles. The molecule has 8 nitrogen and oxygen atoms in total. The number of nitrogens with zero attached hydrogens (tertiary/aromatic N) is 1. The number of ether oxygens (including phenoxy) is 1. The number of rotatable bonds is 7. The molecule has 180 valence electrons. The number of amides is 3. The molecule has 2 aliphatic heterocycles. The lowest BCUT2D eigenvalue weighted by Gasteiger charge is -2.21. The Balaban J connectivity index is 1.36. The highest BCUT2D eigenvalue weighted by Crippen LogP contribution is 2.29. The maximum atomic E-state index is 14.9. The molecule has 2 fully saturated rings. The second-order valence-electron chi connectivity index (χ2n) is 8.68. The monoisotopic (exact) mass is 468 g/mol. The van der Waals surface area contributed by atoms with Crippen LogP contribution in [0, 0.1) is 11.7 Å². The van der Waals surface area contributed by atoms with Crippen molar-refractivity contribution in [2.75, 3.05) is 31.1 Å². The third-order valence-electron chi connectivity index (χ3n) is 6.12. The highest BCUT2D eigenvalue weighted by molar-refractivity contribution is 5.90. The third-order valence-corrected chi connectivity index (χ3v) is 6.12. The van der Waals surface area contributed by atoms with Crippen LogP contribution in [-0.4, -0.2) is 50.2 Å². The van der Waals surface area contributed by atoms with E-state index in [4.69, 9.17) is 4.74 Å². The summed E-state index contributed by atoms with van der Waals surface area (Å²) in [6.45, 7) is 3.93. The number of nitrogens with one attached hydrogen (secondary N) is 3. The maximum absolute atomic E-state index is 14.9. The molecule has 1 unspecified atom stereocenters. The van der Waals surface area contributed by atoms with E-state index in [1.54, 1.807) is 12.1 Å². The van der Waals surface area contributed by atoms with Crippen molar-refractivity contribution >= 4 is 23.6 Å². The molecule has 3 amide bonds. The molecular weight excluding hydrogens is 439 g/mol. The van der Waals surface area contributed by atoms with Gasteiger partial charge in [0.15, 0.2) is 0 Å². The Morgan fingerprint density at radius 3 is 2.65 bits per heavy atom. The molecule has 0 radical (unpaired) electrons. The Morgan fingerprint density at radius 1 is 1.18 bits per heavy atom. The Bertz CT molecular complexity index is 1050. The van der Waals surface area contributed by atoms with Gasteiger partial charge in [0.05, 0.1) is 24.7 Å². The van der Waals surface area contributed by atoms with Gasteiger partial charge in [0.2, 0.25) is 11.8 Å². The molecule has 0 aliphatic carbocycles. The van der Waals surface area contributed by atoms with Crippen molar-refractivity contribution in [2.45, 2.75) is 32.4 Å². The van der Waals surface area contributed by atoms with Gasteiger partial charge >= 0.3 is 6.09 Å². The molecule has 9 heteroatoms. The number of hydrogen-bond acceptors (Lipinski definition) is 5. The molecule has 0 aromatic heterocycles. The van der Waals surface area contributed by atoms with Crippen molar-refractivity contribution in [3.63, 3.8) is 0 Å². The highest BCUT2D eigenvalue weighted by atomic mass is 19.1. The fourth-order valence-corrected chi connectivity index (χ4v) is 4.21. The van der Waals surface area contributed by atoms with Gasteiger partial charge in [-0.1, -0.05) is 24.3 Å². The minimum Gasteiger partial charge on any atom is -0.442 e. The smallest absolute Gasteiger partial charge is 0.414 e. The minimum atomic E-state index is -0.571. The number of halogens is 1. The van der Waals surface area contributed by atoms with Crippen LogP contribution in [-0.2, 0) is 20.9 Å². The van der Waals surface area contributed by atoms with Gasteiger partial charge in [0.25, 0.3) is 0 Å². The van der Waals surface area contributed by atoms with Crippen LogP contribution in [0.4, 0.5) is 14.9 Å². The number of hydrogen-bond donors (Lipinski definition) is 3. The number of cyclic esters (lactones) is 1. The summed E-state index contributed by atoms with van der Waals surface area (Å²) in [6, 6.07) is 12.0. The van der Waals surface area contributed by atoms with Crippen molar-refractivity contribution in [3.05, 3.63) is 53.8 Å². The number of carbonyl (C=O) groups is 3. The van der Waals surface area contributed by atoms with Crippen LogP contribution in [0.1, 0.15) is 25.3 Å². The summed E-state index contributed by atoms with van der Waals surface area (Å²) in [4.78, 5) is 36.9. The second-order valence-corrected chi connectivity index (χ2v) is 8.68. The predicted molar refractivity (Wildman–Crippen MR) is 126 cm³/mol. The molecular formula is C25H29FN4O4. The van der Waals surface area contributed by atoms with E-state index < -0.39 is 18.0 Å². The molecule has 2 saturated heterocycles. The average molecular weight is 469 g/mol. The molecule has 2 aliphatic rings. The van der Waals surface area contributed by atoms with E-state index in [-0.39, 0.29) is 30.8 Å². The van der Waals surface area contributed by atoms with Crippen LogP contribution in [0.2, 0.25) is 0 Å². The second kappa shape index (κ2) is 10.6. The van der Waals surface area contributed by atoms with E-state index in [1.807, 2.05) is 24.3 Å². The van der Waals surface area contributed by atoms with Crippen LogP contribution < -0.4 is 20.9 Å². The zero-order chi connectivity index (χ0) is 24.1. The van der Waals surface area contributed by atoms with E-state index in [2.05, 4.69) is 16.0 Å². The van der Waals surface area contributed by atoms with E-state index in [9.17, 15) is 18.8 Å². The number of piperidine rings is 1. The summed E-state index contributed by atoms with van der Waals surface area (Å²) in [5.74, 6) is -0.604. The molecule has 0 spiro atoms. The fourth-order valence-electron chi connectivity index (χ4n) is 4.21. The summed E-state index contributed by atoms with van der Waals surface area (Å²) in [5, 5.41) is 8.83. The van der Waals surface area contributed by atoms with Crippen LogP contribution in [0.5, 0.6) is 0 Å². The van der Waals surface area contributed by atoms with Gasteiger partial charge in [0.1, 0.15) is 11.9 Å². The van der Waals surface area contributed by atoms with Crippen molar-refractivity contribution in [1.29, 1.82) is 0 Å². The van der Waals surface area contributed by atoms with E-state index in [0.29, 0.717) is 29.9 Å². The lowest BCUT2D eigenvalue weighted by atomic mass is 9.98. The first-order valence-electron chi connectivity index (χ1n) is 11.5. The number of carbonyl (C=O) groups excluding carboxylic acids is 3. The lowest BCUT2D eigenvalue weighted by Crippen LogP contribution is -2.40. The first kappa shape index (κ1) is 23.7. The van der Waals surface area contributed by atoms with E-state index >= 15 is 0 Å². The first-order valence-corrected chi connectivity index (χ1v) is 11.5. The van der Waals surface area contributed by atoms with Gasteiger partial charge in [-0.3, -0.25) is 14.5 Å². The fraction of sp³-hybridized carbons (Fsp3) is 0.400. The Hall–Kier alpha value is -3.46. The van der Waals surface area contributed by atoms with E-state index in [0.717, 1.165) is 24.9 Å². The maximum Gasteiger partial charge on any atom is 0.414 e. The minimum absolute atomic E-state index is 0.00852. The van der Waals surface area contributed by atoms with Crippen molar-refractivity contribution in [2.24, 2.45) is 5.92 Å². The quantitative estimate of drug-likeness (QED) is 0.580. The summed E-state index contributed by atoms with van der Waals surface area (Å²) in [6.07, 6.45) is 0.853. The van der Waals surface area contributed by atoms with Gasteiger partial charge in [-0.2, -0.15) is 0 Å². The van der Waals surface area contributed by atoms with Crippen LogP contribution in [0.3, 0.4) is 0 Å².